The van der Waals surface area contributed by atoms with Crippen molar-refractivity contribution in [2.75, 3.05) is 27.2 Å². The molecule has 0 unspecified atom stereocenters. The van der Waals surface area contributed by atoms with Crippen LogP contribution < -0.4 is 5.32 Å². The van der Waals surface area contributed by atoms with Crippen LogP contribution in [0.15, 0.2) is 11.4 Å². The van der Waals surface area contributed by atoms with Gasteiger partial charge < -0.3 is 10.2 Å². The molecule has 0 bridgehead atoms. The van der Waals surface area contributed by atoms with Gasteiger partial charge in [-0.05, 0) is 46.1 Å². The Balaban J connectivity index is 1.98. The first-order valence-electron chi connectivity index (χ1n) is 5.27. The normalized spacial score (nSPS) is 11.2. The molecule has 0 aromatic carbocycles. The first kappa shape index (κ1) is 13.0. The Kier molecular flexibility index (Phi) is 6.25. The zero-order chi connectivity index (χ0) is 11.1. The van der Waals surface area contributed by atoms with Crippen LogP contribution in [0.1, 0.15) is 17.7 Å². The van der Waals surface area contributed by atoms with Crippen LogP contribution >= 0.6 is 22.9 Å². The van der Waals surface area contributed by atoms with Crippen molar-refractivity contribution < 1.29 is 0 Å². The fraction of sp³-hybridized carbons (Fsp3) is 0.636. The Bertz CT molecular complexity index is 273. The molecule has 1 aromatic heterocycles. The zero-order valence-electron chi connectivity index (χ0n) is 9.42. The van der Waals surface area contributed by atoms with Crippen molar-refractivity contribution in [2.45, 2.75) is 19.4 Å². The van der Waals surface area contributed by atoms with Crippen molar-refractivity contribution in [3.05, 3.63) is 21.3 Å². The third kappa shape index (κ3) is 6.15. The molecule has 1 heterocycles. The van der Waals surface area contributed by atoms with Gasteiger partial charge in [-0.25, -0.2) is 0 Å². The first-order valence-corrected chi connectivity index (χ1v) is 6.52. The monoisotopic (exact) mass is 246 g/mol. The fourth-order valence-electron chi connectivity index (χ4n) is 1.34. The van der Waals surface area contributed by atoms with Crippen molar-refractivity contribution >= 4 is 22.9 Å². The summed E-state index contributed by atoms with van der Waals surface area (Å²) in [6.07, 6.45) is 2.49. The number of unbranched alkanes of at least 4 members (excludes halogenated alkanes) is 1. The van der Waals surface area contributed by atoms with Gasteiger partial charge in [-0.15, -0.1) is 11.3 Å². The topological polar surface area (TPSA) is 15.3 Å². The molecule has 1 N–H and O–H groups in total. The fourth-order valence-corrected chi connectivity index (χ4v) is 2.38. The molecule has 0 aliphatic heterocycles. The van der Waals surface area contributed by atoms with E-state index >= 15 is 0 Å². The van der Waals surface area contributed by atoms with Gasteiger partial charge in [-0.3, -0.25) is 0 Å². The Labute approximate surface area is 101 Å². The largest absolute Gasteiger partial charge is 0.312 e. The number of thiophene rings is 1. The Morgan fingerprint density at radius 2 is 2.20 bits per heavy atom. The molecule has 0 radical (unpaired) electrons. The highest BCUT2D eigenvalue weighted by Crippen LogP contribution is 2.18. The Hall–Kier alpha value is -0.0900. The minimum absolute atomic E-state index is 0.851. The van der Waals surface area contributed by atoms with Crippen LogP contribution in [0.25, 0.3) is 0 Å². The molecular formula is C11H19ClN2S. The summed E-state index contributed by atoms with van der Waals surface area (Å²) in [6.45, 7) is 3.20. The number of nitrogens with one attached hydrogen (secondary N) is 1. The van der Waals surface area contributed by atoms with Gasteiger partial charge in [0.05, 0.1) is 5.02 Å². The molecule has 0 amide bonds. The van der Waals surface area contributed by atoms with E-state index in [0.717, 1.165) is 18.1 Å². The highest BCUT2D eigenvalue weighted by molar-refractivity contribution is 7.10. The molecular weight excluding hydrogens is 228 g/mol. The van der Waals surface area contributed by atoms with Crippen molar-refractivity contribution in [2.24, 2.45) is 0 Å². The van der Waals surface area contributed by atoms with E-state index in [4.69, 9.17) is 11.6 Å². The number of nitrogens with zero attached hydrogens (tertiary/aromatic N) is 1. The van der Waals surface area contributed by atoms with E-state index in [0.29, 0.717) is 0 Å². The van der Waals surface area contributed by atoms with E-state index in [2.05, 4.69) is 24.3 Å². The average Bonchev–Trinajstić information content (AvgIpc) is 2.57. The summed E-state index contributed by atoms with van der Waals surface area (Å²) in [5.41, 5.74) is 0. The van der Waals surface area contributed by atoms with Gasteiger partial charge in [0.15, 0.2) is 0 Å². The lowest BCUT2D eigenvalue weighted by molar-refractivity contribution is 0.392. The van der Waals surface area contributed by atoms with Gasteiger partial charge >= 0.3 is 0 Å². The summed E-state index contributed by atoms with van der Waals surface area (Å²) >= 11 is 7.55. The molecule has 86 valence electrons. The first-order chi connectivity index (χ1) is 7.18. The molecule has 15 heavy (non-hydrogen) atoms. The van der Waals surface area contributed by atoms with E-state index in [9.17, 15) is 0 Å². The van der Waals surface area contributed by atoms with Gasteiger partial charge in [0.1, 0.15) is 0 Å². The van der Waals surface area contributed by atoms with Gasteiger partial charge in [0, 0.05) is 16.8 Å². The third-order valence-corrected chi connectivity index (χ3v) is 3.41. The Morgan fingerprint density at radius 1 is 1.40 bits per heavy atom. The minimum atomic E-state index is 0.851. The number of rotatable bonds is 7. The second-order valence-electron chi connectivity index (χ2n) is 3.92. The van der Waals surface area contributed by atoms with Gasteiger partial charge in [-0.2, -0.15) is 0 Å². The summed E-state index contributed by atoms with van der Waals surface area (Å²) in [4.78, 5) is 3.53. The molecule has 1 rings (SSSR count). The second kappa shape index (κ2) is 7.23. The van der Waals surface area contributed by atoms with E-state index in [1.54, 1.807) is 11.3 Å². The van der Waals surface area contributed by atoms with Crippen LogP contribution in [0.4, 0.5) is 0 Å². The molecule has 2 nitrogen and oxygen atoms in total. The van der Waals surface area contributed by atoms with E-state index < -0.39 is 0 Å². The number of hydrogen-bond acceptors (Lipinski definition) is 3. The molecule has 0 saturated carbocycles. The average molecular weight is 247 g/mol. The lowest BCUT2D eigenvalue weighted by Crippen LogP contribution is -2.17. The third-order valence-electron chi connectivity index (χ3n) is 2.13. The van der Waals surface area contributed by atoms with E-state index in [1.165, 1.54) is 24.3 Å². The van der Waals surface area contributed by atoms with Crippen molar-refractivity contribution in [1.29, 1.82) is 0 Å². The molecule has 0 atom stereocenters. The highest BCUT2D eigenvalue weighted by Gasteiger charge is 1.97. The maximum atomic E-state index is 5.83. The SMILES string of the molecule is CN(C)CCCCNCc1cc(Cl)cs1. The van der Waals surface area contributed by atoms with Crippen LogP contribution in [-0.2, 0) is 6.54 Å². The van der Waals surface area contributed by atoms with Crippen LogP contribution in [0.5, 0.6) is 0 Å². The second-order valence-corrected chi connectivity index (χ2v) is 5.35. The number of halogens is 1. The lowest BCUT2D eigenvalue weighted by Gasteiger charge is -2.08. The van der Waals surface area contributed by atoms with Crippen LogP contribution in [-0.4, -0.2) is 32.1 Å². The summed E-state index contributed by atoms with van der Waals surface area (Å²) in [7, 11) is 4.22. The molecule has 1 aromatic rings. The molecule has 0 aliphatic carbocycles. The molecule has 0 fully saturated rings. The van der Waals surface area contributed by atoms with Gasteiger partial charge in [0.2, 0.25) is 0 Å². The van der Waals surface area contributed by atoms with E-state index in [1.807, 2.05) is 11.4 Å². The van der Waals surface area contributed by atoms with Crippen LogP contribution in [0.2, 0.25) is 5.02 Å². The Morgan fingerprint density at radius 3 is 2.80 bits per heavy atom. The van der Waals surface area contributed by atoms with Crippen molar-refractivity contribution in [3.8, 4) is 0 Å². The predicted molar refractivity (Wildman–Crippen MR) is 68.8 cm³/mol. The van der Waals surface area contributed by atoms with Crippen LogP contribution in [0.3, 0.4) is 0 Å². The minimum Gasteiger partial charge on any atom is -0.312 e. The molecule has 0 spiro atoms. The van der Waals surface area contributed by atoms with Crippen molar-refractivity contribution in [1.82, 2.24) is 10.2 Å². The van der Waals surface area contributed by atoms with E-state index in [-0.39, 0.29) is 0 Å². The van der Waals surface area contributed by atoms with Crippen molar-refractivity contribution in [3.63, 3.8) is 0 Å². The zero-order valence-corrected chi connectivity index (χ0v) is 11.0. The molecule has 4 heteroatoms. The summed E-state index contributed by atoms with van der Waals surface area (Å²) in [5, 5.41) is 6.25. The quantitative estimate of drug-likeness (QED) is 0.745. The lowest BCUT2D eigenvalue weighted by atomic mass is 10.3. The number of hydrogen-bond donors (Lipinski definition) is 1. The maximum Gasteiger partial charge on any atom is 0.0516 e. The maximum absolute atomic E-state index is 5.83. The van der Waals surface area contributed by atoms with Crippen LogP contribution in [0, 0.1) is 0 Å². The summed E-state index contributed by atoms with van der Waals surface area (Å²) < 4.78 is 0. The molecule has 0 saturated heterocycles. The highest BCUT2D eigenvalue weighted by atomic mass is 35.5. The standard InChI is InChI=1S/C11H19ClN2S/c1-14(2)6-4-3-5-13-8-11-7-10(12)9-15-11/h7,9,13H,3-6,8H2,1-2H3. The summed E-state index contributed by atoms with van der Waals surface area (Å²) in [5.74, 6) is 0. The van der Waals surface area contributed by atoms with Gasteiger partial charge in [0.25, 0.3) is 0 Å². The molecule has 0 aliphatic rings. The van der Waals surface area contributed by atoms with Gasteiger partial charge in [-0.1, -0.05) is 11.6 Å². The summed E-state index contributed by atoms with van der Waals surface area (Å²) in [6, 6.07) is 2.03. The smallest absolute Gasteiger partial charge is 0.0516 e. The predicted octanol–water partition coefficient (Wildman–Crippen LogP) is 2.83.